The molecule has 0 spiro atoms. The van der Waals surface area contributed by atoms with Crippen molar-refractivity contribution in [2.75, 3.05) is 0 Å². The van der Waals surface area contributed by atoms with E-state index < -0.39 is 11.9 Å². The third-order valence-corrected chi connectivity index (χ3v) is 7.82. The number of carbonyl (C=O) groups excluding carboxylic acids is 1. The van der Waals surface area contributed by atoms with Gasteiger partial charge in [-0.05, 0) is 79.4 Å². The Balaban J connectivity index is 1.22. The van der Waals surface area contributed by atoms with Crippen molar-refractivity contribution in [1.82, 2.24) is 15.3 Å². The maximum absolute atomic E-state index is 13.9. The van der Waals surface area contributed by atoms with Gasteiger partial charge in [0.1, 0.15) is 5.69 Å². The maximum atomic E-state index is 13.9. The maximum Gasteiger partial charge on any atom is 0.267 e. The fourth-order valence-corrected chi connectivity index (χ4v) is 7.06. The molecule has 27 heavy (non-hydrogen) atoms. The summed E-state index contributed by atoms with van der Waals surface area (Å²) in [4.78, 5) is 19.0. The van der Waals surface area contributed by atoms with E-state index in [1.807, 2.05) is 0 Å². The lowest BCUT2D eigenvalue weighted by molar-refractivity contribution is 0.0114. The molecular formula is C21H21F2N3O. The molecule has 1 amide bonds. The van der Waals surface area contributed by atoms with Crippen LogP contribution in [-0.4, -0.2) is 21.9 Å². The number of carbonyl (C=O) groups is 1. The minimum Gasteiger partial charge on any atom is -0.357 e. The first-order valence-corrected chi connectivity index (χ1v) is 9.90. The lowest BCUT2D eigenvalue weighted by atomic mass is 9.58. The number of H-pyrrole nitrogens is 1. The second kappa shape index (κ2) is 5.40. The molecule has 140 valence electrons. The zero-order chi connectivity index (χ0) is 18.3. The number of nitrogens with one attached hydrogen (secondary N) is 2. The summed E-state index contributed by atoms with van der Waals surface area (Å²) < 4.78 is 26.9. The van der Waals surface area contributed by atoms with E-state index in [4.69, 9.17) is 0 Å². The number of hydrogen-bond acceptors (Lipinski definition) is 2. The molecule has 2 N–H and O–H groups in total. The van der Waals surface area contributed by atoms with E-state index in [9.17, 15) is 13.6 Å². The summed E-state index contributed by atoms with van der Waals surface area (Å²) in [5, 5.41) is 3.28. The summed E-state index contributed by atoms with van der Waals surface area (Å²) in [6.45, 7) is 0. The summed E-state index contributed by atoms with van der Waals surface area (Å²) >= 11 is 0. The molecule has 7 rings (SSSR count). The van der Waals surface area contributed by atoms with Crippen LogP contribution in [0.5, 0.6) is 0 Å². The Kier molecular flexibility index (Phi) is 3.15. The van der Waals surface area contributed by atoms with Crippen molar-refractivity contribution >= 4 is 5.91 Å². The fraction of sp³-hybridized carbons (Fsp3) is 0.524. The molecule has 0 radical (unpaired) electrons. The van der Waals surface area contributed by atoms with E-state index in [2.05, 4.69) is 15.3 Å². The van der Waals surface area contributed by atoms with Gasteiger partial charge in [0.15, 0.2) is 0 Å². The van der Waals surface area contributed by atoms with Crippen LogP contribution in [0.15, 0.2) is 24.4 Å². The van der Waals surface area contributed by atoms with Crippen LogP contribution in [0.25, 0.3) is 11.1 Å². The second-order valence-electron chi connectivity index (χ2n) is 8.90. The van der Waals surface area contributed by atoms with Gasteiger partial charge in [-0.1, -0.05) is 0 Å². The first-order valence-electron chi connectivity index (χ1n) is 9.90. The molecule has 2 aromatic rings. The fourth-order valence-electron chi connectivity index (χ4n) is 7.06. The molecule has 0 saturated heterocycles. The van der Waals surface area contributed by atoms with E-state index >= 15 is 0 Å². The van der Waals surface area contributed by atoms with Gasteiger partial charge >= 0.3 is 0 Å². The van der Waals surface area contributed by atoms with Gasteiger partial charge in [0, 0.05) is 23.4 Å². The average Bonchev–Trinajstić information content (AvgIpc) is 3.29. The normalized spacial score (nSPS) is 37.9. The summed E-state index contributed by atoms with van der Waals surface area (Å²) in [5.41, 5.74) is 1.09. The van der Waals surface area contributed by atoms with Crippen LogP contribution in [0.4, 0.5) is 8.78 Å². The van der Waals surface area contributed by atoms with Crippen LogP contribution in [0.2, 0.25) is 0 Å². The number of halogens is 2. The molecule has 5 saturated carbocycles. The van der Waals surface area contributed by atoms with Crippen LogP contribution in [0.1, 0.15) is 36.2 Å². The van der Waals surface area contributed by atoms with E-state index in [0.29, 0.717) is 23.1 Å². The minimum atomic E-state index is -0.873. The quantitative estimate of drug-likeness (QED) is 0.810. The number of amides is 1. The highest BCUT2D eigenvalue weighted by Gasteiger charge is 2.64. The molecule has 4 nitrogen and oxygen atoms in total. The molecule has 6 bridgehead atoms. The number of aromatic amines is 1. The molecule has 7 atom stereocenters. The van der Waals surface area contributed by atoms with Crippen molar-refractivity contribution in [1.29, 1.82) is 0 Å². The Morgan fingerprint density at radius 1 is 1.07 bits per heavy atom. The Labute approximate surface area is 155 Å². The highest BCUT2D eigenvalue weighted by molar-refractivity contribution is 5.94. The first-order chi connectivity index (χ1) is 13.1. The van der Waals surface area contributed by atoms with Crippen molar-refractivity contribution in [3.05, 3.63) is 42.0 Å². The number of nitrogens with zero attached hydrogens (tertiary/aromatic N) is 1. The average molecular weight is 369 g/mol. The third kappa shape index (κ3) is 2.18. The standard InChI is InChI=1S/C21H21F2N3O/c22-17-2-1-13(20(23)25-17)12-7-16(24-8-12)21(27)26-19-11-4-10-3-9-5-15(19)18(10)14(9)6-11/h1-2,7-11,14-15,18-19,24H,3-6H2,(H,26,27). The van der Waals surface area contributed by atoms with Crippen molar-refractivity contribution in [3.63, 3.8) is 0 Å². The predicted molar refractivity (Wildman–Crippen MR) is 94.6 cm³/mol. The molecule has 0 aliphatic heterocycles. The topological polar surface area (TPSA) is 57.8 Å². The Morgan fingerprint density at radius 3 is 2.70 bits per heavy atom. The monoisotopic (exact) mass is 369 g/mol. The largest absolute Gasteiger partial charge is 0.357 e. The SMILES string of the molecule is O=C(NC1C2CC3CC4CC1C3C4C2)c1cc(-c2ccc(F)nc2F)c[nH]1. The Bertz CT molecular complexity index is 939. The lowest BCUT2D eigenvalue weighted by Gasteiger charge is -2.50. The summed E-state index contributed by atoms with van der Waals surface area (Å²) in [6.07, 6.45) is 6.80. The lowest BCUT2D eigenvalue weighted by Crippen LogP contribution is -2.55. The molecule has 2 aromatic heterocycles. The van der Waals surface area contributed by atoms with Gasteiger partial charge in [-0.2, -0.15) is 13.8 Å². The first kappa shape index (κ1) is 15.8. The van der Waals surface area contributed by atoms with E-state index in [1.54, 1.807) is 12.3 Å². The van der Waals surface area contributed by atoms with E-state index in [-0.39, 0.29) is 17.5 Å². The molecule has 5 fully saturated rings. The van der Waals surface area contributed by atoms with E-state index in [0.717, 1.165) is 29.7 Å². The number of aromatic nitrogens is 2. The predicted octanol–water partition coefficient (Wildman–Crippen LogP) is 3.77. The highest BCUT2D eigenvalue weighted by Crippen LogP contribution is 2.68. The molecule has 6 heteroatoms. The van der Waals surface area contributed by atoms with Crippen molar-refractivity contribution < 1.29 is 13.6 Å². The van der Waals surface area contributed by atoms with Crippen LogP contribution in [0.3, 0.4) is 0 Å². The Morgan fingerprint density at radius 2 is 1.89 bits per heavy atom. The third-order valence-electron chi connectivity index (χ3n) is 7.82. The van der Waals surface area contributed by atoms with Gasteiger partial charge in [0.2, 0.25) is 11.9 Å². The molecule has 5 aliphatic carbocycles. The molecular weight excluding hydrogens is 348 g/mol. The van der Waals surface area contributed by atoms with Crippen LogP contribution < -0.4 is 5.32 Å². The smallest absolute Gasteiger partial charge is 0.267 e. The highest BCUT2D eigenvalue weighted by atomic mass is 19.1. The van der Waals surface area contributed by atoms with Crippen LogP contribution in [0, 0.1) is 47.4 Å². The number of hydrogen-bond donors (Lipinski definition) is 2. The van der Waals surface area contributed by atoms with E-state index in [1.165, 1.54) is 31.7 Å². The van der Waals surface area contributed by atoms with Gasteiger partial charge in [-0.25, -0.2) is 0 Å². The zero-order valence-corrected chi connectivity index (χ0v) is 14.8. The molecule has 0 aromatic carbocycles. The summed E-state index contributed by atoms with van der Waals surface area (Å²) in [7, 11) is 0. The van der Waals surface area contributed by atoms with Crippen LogP contribution >= 0.6 is 0 Å². The van der Waals surface area contributed by atoms with Gasteiger partial charge in [0.05, 0.1) is 0 Å². The van der Waals surface area contributed by atoms with Gasteiger partial charge in [0.25, 0.3) is 5.91 Å². The second-order valence-corrected chi connectivity index (χ2v) is 8.90. The zero-order valence-electron chi connectivity index (χ0n) is 14.8. The Hall–Kier alpha value is -2.24. The van der Waals surface area contributed by atoms with Crippen LogP contribution in [-0.2, 0) is 0 Å². The van der Waals surface area contributed by atoms with Gasteiger partial charge in [-0.15, -0.1) is 0 Å². The number of rotatable bonds is 3. The van der Waals surface area contributed by atoms with Crippen molar-refractivity contribution in [2.24, 2.45) is 35.5 Å². The summed E-state index contributed by atoms with van der Waals surface area (Å²) in [6, 6.07) is 4.35. The molecule has 5 aliphatic rings. The van der Waals surface area contributed by atoms with Crippen molar-refractivity contribution in [3.8, 4) is 11.1 Å². The van der Waals surface area contributed by atoms with Gasteiger partial charge < -0.3 is 10.3 Å². The minimum absolute atomic E-state index is 0.133. The molecule has 7 unspecified atom stereocenters. The molecule has 2 heterocycles. The summed E-state index contributed by atoms with van der Waals surface area (Å²) in [5.74, 6) is 2.92. The number of pyridine rings is 1. The van der Waals surface area contributed by atoms with Gasteiger partial charge in [-0.3, -0.25) is 4.79 Å². The van der Waals surface area contributed by atoms with Crippen molar-refractivity contribution in [2.45, 2.75) is 31.7 Å².